The van der Waals surface area contributed by atoms with Crippen molar-refractivity contribution in [3.8, 4) is 0 Å². The van der Waals surface area contributed by atoms with Crippen LogP contribution in [0, 0.1) is 0 Å². The Morgan fingerprint density at radius 2 is 2.29 bits per heavy atom. The van der Waals surface area contributed by atoms with Gasteiger partial charge in [0.2, 0.25) is 0 Å². The van der Waals surface area contributed by atoms with Crippen LogP contribution in [0.4, 0.5) is 5.69 Å². The van der Waals surface area contributed by atoms with E-state index in [9.17, 15) is 10.0 Å². The molecule has 0 saturated carbocycles. The predicted octanol–water partition coefficient (Wildman–Crippen LogP) is 1.05. The summed E-state index contributed by atoms with van der Waals surface area (Å²) in [6.45, 7) is 0. The Kier molecular flexibility index (Phi) is 2.30. The van der Waals surface area contributed by atoms with Crippen molar-refractivity contribution in [1.29, 1.82) is 0 Å². The third kappa shape index (κ3) is 1.43. The quantitative estimate of drug-likeness (QED) is 0.683. The molecule has 0 fully saturated rings. The Bertz CT molecular complexity index is 394. The molecule has 0 bridgehead atoms. The first kappa shape index (κ1) is 9.64. The van der Waals surface area contributed by atoms with E-state index in [1.165, 1.54) is 0 Å². The number of nitrogens with two attached hydrogens (primary N) is 1. The molecule has 1 amide bonds. The molecule has 0 aliphatic carbocycles. The highest BCUT2D eigenvalue weighted by Gasteiger charge is 2.29. The van der Waals surface area contributed by atoms with Crippen LogP contribution in [-0.2, 0) is 11.2 Å². The van der Waals surface area contributed by atoms with Crippen LogP contribution in [0.3, 0.4) is 0 Å². The van der Waals surface area contributed by atoms with E-state index in [0.717, 1.165) is 10.0 Å². The first-order valence-corrected chi connectivity index (χ1v) is 4.96. The van der Waals surface area contributed by atoms with E-state index >= 15 is 0 Å². The topological polar surface area (TPSA) is 66.6 Å². The lowest BCUT2D eigenvalue weighted by atomic mass is 9.99. The summed E-state index contributed by atoms with van der Waals surface area (Å²) < 4.78 is 0.909. The molecule has 0 saturated heterocycles. The van der Waals surface area contributed by atoms with Crippen molar-refractivity contribution in [2.24, 2.45) is 5.73 Å². The monoisotopic (exact) mass is 256 g/mol. The van der Waals surface area contributed by atoms with Gasteiger partial charge >= 0.3 is 0 Å². The third-order valence-electron chi connectivity index (χ3n) is 2.24. The van der Waals surface area contributed by atoms with Gasteiger partial charge in [0.05, 0.1) is 11.7 Å². The minimum absolute atomic E-state index is 0.458. The van der Waals surface area contributed by atoms with Crippen molar-refractivity contribution in [1.82, 2.24) is 0 Å². The van der Waals surface area contributed by atoms with Gasteiger partial charge in [0, 0.05) is 4.47 Å². The molecule has 74 valence electrons. The van der Waals surface area contributed by atoms with E-state index in [-0.39, 0.29) is 0 Å². The largest absolute Gasteiger partial charge is 0.320 e. The Hall–Kier alpha value is -0.910. The summed E-state index contributed by atoms with van der Waals surface area (Å²) >= 11 is 3.32. The van der Waals surface area contributed by atoms with Crippen LogP contribution in [0.5, 0.6) is 0 Å². The third-order valence-corrected chi connectivity index (χ3v) is 2.73. The lowest BCUT2D eigenvalue weighted by Gasteiger charge is -2.27. The Morgan fingerprint density at radius 1 is 1.57 bits per heavy atom. The number of fused-ring (bicyclic) bond motifs is 1. The zero-order chi connectivity index (χ0) is 10.3. The van der Waals surface area contributed by atoms with Gasteiger partial charge in [0.25, 0.3) is 5.91 Å². The minimum atomic E-state index is -0.651. The fraction of sp³-hybridized carbons (Fsp3) is 0.222. The van der Waals surface area contributed by atoms with E-state index in [0.29, 0.717) is 17.2 Å². The molecule has 3 N–H and O–H groups in total. The second-order valence-corrected chi connectivity index (χ2v) is 4.15. The number of carbonyl (C=O) groups excluding carboxylic acids is 1. The highest BCUT2D eigenvalue weighted by molar-refractivity contribution is 9.10. The van der Waals surface area contributed by atoms with Gasteiger partial charge in [-0.1, -0.05) is 15.9 Å². The standard InChI is InChI=1S/C9H9BrN2O2/c10-6-1-2-8-5(3-6)4-7(11)9(13)12(8)14/h1-3,7,14H,4,11H2. The number of hydroxylamine groups is 1. The van der Waals surface area contributed by atoms with Crippen molar-refractivity contribution < 1.29 is 10.0 Å². The SMILES string of the molecule is NC1Cc2cc(Br)ccc2N(O)C1=O. The van der Waals surface area contributed by atoms with Gasteiger partial charge in [0.15, 0.2) is 0 Å². The average molecular weight is 257 g/mol. The highest BCUT2D eigenvalue weighted by Crippen LogP contribution is 2.28. The summed E-state index contributed by atoms with van der Waals surface area (Å²) in [4.78, 5) is 11.3. The summed E-state index contributed by atoms with van der Waals surface area (Å²) in [7, 11) is 0. The number of rotatable bonds is 0. The van der Waals surface area contributed by atoms with Crippen molar-refractivity contribution in [2.45, 2.75) is 12.5 Å². The van der Waals surface area contributed by atoms with E-state index in [4.69, 9.17) is 5.73 Å². The van der Waals surface area contributed by atoms with Crippen LogP contribution < -0.4 is 10.8 Å². The van der Waals surface area contributed by atoms with Crippen molar-refractivity contribution in [2.75, 3.05) is 5.06 Å². The van der Waals surface area contributed by atoms with Gasteiger partial charge < -0.3 is 5.73 Å². The average Bonchev–Trinajstić information content (AvgIpc) is 2.14. The van der Waals surface area contributed by atoms with E-state index in [1.54, 1.807) is 12.1 Å². The number of amides is 1. The molecule has 2 rings (SSSR count). The van der Waals surface area contributed by atoms with Gasteiger partial charge in [-0.05, 0) is 30.2 Å². The summed E-state index contributed by atoms with van der Waals surface area (Å²) in [5.41, 5.74) is 6.95. The van der Waals surface area contributed by atoms with Crippen molar-refractivity contribution in [3.05, 3.63) is 28.2 Å². The normalized spacial score (nSPS) is 20.9. The number of anilines is 1. The number of hydrogen-bond donors (Lipinski definition) is 2. The van der Waals surface area contributed by atoms with Crippen molar-refractivity contribution >= 4 is 27.5 Å². The number of nitrogens with zero attached hydrogens (tertiary/aromatic N) is 1. The molecule has 1 heterocycles. The van der Waals surface area contributed by atoms with Gasteiger partial charge in [0.1, 0.15) is 0 Å². The molecule has 14 heavy (non-hydrogen) atoms. The first-order chi connectivity index (χ1) is 6.59. The summed E-state index contributed by atoms with van der Waals surface area (Å²) in [6.07, 6.45) is 0.463. The maximum atomic E-state index is 11.3. The molecule has 0 aromatic heterocycles. The summed E-state index contributed by atoms with van der Waals surface area (Å²) in [5.74, 6) is -0.458. The molecule has 5 heteroatoms. The molecule has 4 nitrogen and oxygen atoms in total. The fourth-order valence-electron chi connectivity index (χ4n) is 1.52. The molecule has 0 radical (unpaired) electrons. The molecule has 1 aromatic carbocycles. The minimum Gasteiger partial charge on any atom is -0.320 e. The summed E-state index contributed by atoms with van der Waals surface area (Å²) in [6, 6.07) is 4.65. The Balaban J connectivity index is 2.50. The molecule has 1 atom stereocenters. The second kappa shape index (κ2) is 3.34. The molecular formula is C9H9BrN2O2. The van der Waals surface area contributed by atoms with Crippen LogP contribution >= 0.6 is 15.9 Å². The lowest BCUT2D eigenvalue weighted by molar-refractivity contribution is -0.125. The molecule has 0 spiro atoms. The predicted molar refractivity (Wildman–Crippen MR) is 55.1 cm³/mol. The maximum absolute atomic E-state index is 11.3. The van der Waals surface area contributed by atoms with E-state index < -0.39 is 11.9 Å². The number of hydrogen-bond acceptors (Lipinski definition) is 3. The van der Waals surface area contributed by atoms with Crippen LogP contribution in [0.15, 0.2) is 22.7 Å². The zero-order valence-electron chi connectivity index (χ0n) is 7.27. The molecule has 1 aromatic rings. The van der Waals surface area contributed by atoms with Crippen LogP contribution in [0.1, 0.15) is 5.56 Å². The Labute approximate surface area is 89.4 Å². The molecule has 1 aliphatic rings. The zero-order valence-corrected chi connectivity index (χ0v) is 8.86. The highest BCUT2D eigenvalue weighted by atomic mass is 79.9. The lowest BCUT2D eigenvalue weighted by Crippen LogP contribution is -2.47. The van der Waals surface area contributed by atoms with E-state index in [1.807, 2.05) is 6.07 Å². The van der Waals surface area contributed by atoms with Gasteiger partial charge in [-0.3, -0.25) is 10.0 Å². The van der Waals surface area contributed by atoms with E-state index in [2.05, 4.69) is 15.9 Å². The maximum Gasteiger partial charge on any atom is 0.267 e. The number of carbonyl (C=O) groups is 1. The van der Waals surface area contributed by atoms with Crippen molar-refractivity contribution in [3.63, 3.8) is 0 Å². The van der Waals surface area contributed by atoms with Crippen LogP contribution in [-0.4, -0.2) is 17.2 Å². The van der Waals surface area contributed by atoms with Crippen LogP contribution in [0.25, 0.3) is 0 Å². The Morgan fingerprint density at radius 3 is 3.00 bits per heavy atom. The first-order valence-electron chi connectivity index (χ1n) is 4.16. The summed E-state index contributed by atoms with van der Waals surface area (Å²) in [5, 5.41) is 10.1. The molecule has 1 unspecified atom stereocenters. The van der Waals surface area contributed by atoms with Gasteiger partial charge in [-0.2, -0.15) is 5.06 Å². The van der Waals surface area contributed by atoms with Gasteiger partial charge in [-0.25, -0.2) is 0 Å². The van der Waals surface area contributed by atoms with Gasteiger partial charge in [-0.15, -0.1) is 0 Å². The molecule has 1 aliphatic heterocycles. The number of halogens is 1. The smallest absolute Gasteiger partial charge is 0.267 e. The fourth-order valence-corrected chi connectivity index (χ4v) is 1.93. The number of benzene rings is 1. The molecular weight excluding hydrogens is 248 g/mol. The van der Waals surface area contributed by atoms with Crippen LogP contribution in [0.2, 0.25) is 0 Å². The second-order valence-electron chi connectivity index (χ2n) is 3.23.